The van der Waals surface area contributed by atoms with E-state index in [2.05, 4.69) is 5.32 Å². The van der Waals surface area contributed by atoms with E-state index in [0.29, 0.717) is 12.1 Å². The van der Waals surface area contributed by atoms with Gasteiger partial charge in [0, 0.05) is 12.1 Å². The van der Waals surface area contributed by atoms with Gasteiger partial charge in [0.15, 0.2) is 0 Å². The van der Waals surface area contributed by atoms with Gasteiger partial charge >= 0.3 is 0 Å². The Morgan fingerprint density at radius 3 is 2.63 bits per heavy atom. The minimum atomic E-state index is -0.445. The number of rotatable bonds is 4. The molecule has 2 rings (SSSR count). The average Bonchev–Trinajstić information content (AvgIpc) is 2.89. The van der Waals surface area contributed by atoms with Crippen LogP contribution in [0.15, 0.2) is 24.3 Å². The third-order valence-corrected chi connectivity index (χ3v) is 4.15. The molecule has 0 aliphatic heterocycles. The quantitative estimate of drug-likeness (QED) is 0.878. The number of nitrogens with one attached hydrogen (secondary N) is 1. The molecule has 1 aliphatic carbocycles. The largest absolute Gasteiger partial charge is 0.349 e. The second-order valence-electron chi connectivity index (χ2n) is 5.41. The minimum absolute atomic E-state index is 0.0387. The van der Waals surface area contributed by atoms with Crippen LogP contribution in [0.25, 0.3) is 0 Å². The monoisotopic (exact) mass is 264 g/mol. The highest BCUT2D eigenvalue weighted by atomic mass is 19.1. The molecule has 1 aromatic carbocycles. The van der Waals surface area contributed by atoms with Crippen molar-refractivity contribution in [2.24, 2.45) is 11.1 Å². The predicted octanol–water partition coefficient (Wildman–Crippen LogP) is 2.52. The fraction of sp³-hybridized carbons (Fsp3) is 0.533. The van der Waals surface area contributed by atoms with Crippen LogP contribution in [-0.4, -0.2) is 12.5 Å². The van der Waals surface area contributed by atoms with E-state index in [-0.39, 0.29) is 17.8 Å². The van der Waals surface area contributed by atoms with Crippen molar-refractivity contribution < 1.29 is 9.18 Å². The van der Waals surface area contributed by atoms with E-state index in [9.17, 15) is 9.18 Å². The second kappa shape index (κ2) is 5.70. The van der Waals surface area contributed by atoms with Crippen LogP contribution in [0.4, 0.5) is 4.39 Å². The van der Waals surface area contributed by atoms with Crippen LogP contribution in [0, 0.1) is 11.2 Å². The summed E-state index contributed by atoms with van der Waals surface area (Å²) in [5, 5.41) is 2.91. The number of benzene rings is 1. The lowest BCUT2D eigenvalue weighted by atomic mass is 9.85. The van der Waals surface area contributed by atoms with Crippen LogP contribution < -0.4 is 11.1 Å². The Labute approximate surface area is 113 Å². The van der Waals surface area contributed by atoms with Gasteiger partial charge in [0.2, 0.25) is 5.91 Å². The lowest BCUT2D eigenvalue weighted by Crippen LogP contribution is -2.45. The molecule has 1 amide bonds. The fourth-order valence-electron chi connectivity index (χ4n) is 2.83. The van der Waals surface area contributed by atoms with Crippen LogP contribution in [0.3, 0.4) is 0 Å². The average molecular weight is 264 g/mol. The number of carbonyl (C=O) groups excluding carboxylic acids is 1. The first-order valence-electron chi connectivity index (χ1n) is 6.84. The first kappa shape index (κ1) is 14.0. The van der Waals surface area contributed by atoms with E-state index in [1.807, 2.05) is 0 Å². The lowest BCUT2D eigenvalue weighted by molar-refractivity contribution is -0.131. The second-order valence-corrected chi connectivity index (χ2v) is 5.41. The molecule has 3 N–H and O–H groups in total. The summed E-state index contributed by atoms with van der Waals surface area (Å²) in [7, 11) is 0. The zero-order valence-electron chi connectivity index (χ0n) is 11.3. The SMILES string of the molecule is C[C@@H](NC(=O)C1(CN)CCCC1)c1ccccc1F. The summed E-state index contributed by atoms with van der Waals surface area (Å²) in [6, 6.07) is 6.19. The maximum atomic E-state index is 13.7. The molecule has 0 spiro atoms. The Balaban J connectivity index is 2.08. The maximum absolute atomic E-state index is 13.7. The molecule has 0 bridgehead atoms. The molecule has 0 saturated heterocycles. The van der Waals surface area contributed by atoms with Gasteiger partial charge in [0.05, 0.1) is 11.5 Å². The number of nitrogens with two attached hydrogens (primary N) is 1. The van der Waals surface area contributed by atoms with Crippen LogP contribution >= 0.6 is 0 Å². The van der Waals surface area contributed by atoms with E-state index in [1.54, 1.807) is 25.1 Å². The van der Waals surface area contributed by atoms with Crippen molar-refractivity contribution in [3.63, 3.8) is 0 Å². The standard InChI is InChI=1S/C15H21FN2O/c1-11(12-6-2-3-7-13(12)16)18-14(19)15(10-17)8-4-5-9-15/h2-3,6-7,11H,4-5,8-10,17H2,1H3,(H,18,19)/t11-/m1/s1. The molecule has 1 fully saturated rings. The van der Waals surface area contributed by atoms with Gasteiger partial charge in [-0.15, -0.1) is 0 Å². The molecule has 0 radical (unpaired) electrons. The Bertz CT molecular complexity index is 455. The van der Waals surface area contributed by atoms with Crippen molar-refractivity contribution >= 4 is 5.91 Å². The number of amides is 1. The van der Waals surface area contributed by atoms with Gasteiger partial charge in [0.1, 0.15) is 5.82 Å². The third-order valence-electron chi connectivity index (χ3n) is 4.15. The van der Waals surface area contributed by atoms with Crippen LogP contribution in [0.5, 0.6) is 0 Å². The Hall–Kier alpha value is -1.42. The Kier molecular flexibility index (Phi) is 4.20. The van der Waals surface area contributed by atoms with Gasteiger partial charge in [0.25, 0.3) is 0 Å². The van der Waals surface area contributed by atoms with Gasteiger partial charge in [-0.2, -0.15) is 0 Å². The summed E-state index contributed by atoms with van der Waals surface area (Å²) < 4.78 is 13.7. The number of halogens is 1. The zero-order valence-corrected chi connectivity index (χ0v) is 11.3. The predicted molar refractivity (Wildman–Crippen MR) is 72.9 cm³/mol. The number of carbonyl (C=O) groups is 1. The van der Waals surface area contributed by atoms with Crippen LogP contribution in [0.2, 0.25) is 0 Å². The van der Waals surface area contributed by atoms with Crippen molar-refractivity contribution in [2.75, 3.05) is 6.54 Å². The first-order valence-corrected chi connectivity index (χ1v) is 6.84. The van der Waals surface area contributed by atoms with Crippen molar-refractivity contribution in [2.45, 2.75) is 38.6 Å². The molecule has 19 heavy (non-hydrogen) atoms. The summed E-state index contributed by atoms with van der Waals surface area (Å²) in [6.07, 6.45) is 3.75. The van der Waals surface area contributed by atoms with Crippen molar-refractivity contribution in [3.8, 4) is 0 Å². The summed E-state index contributed by atoms with van der Waals surface area (Å²) in [5.74, 6) is -0.327. The molecule has 0 aromatic heterocycles. The van der Waals surface area contributed by atoms with Gasteiger partial charge in [-0.25, -0.2) is 4.39 Å². The number of hydrogen-bond acceptors (Lipinski definition) is 2. The lowest BCUT2D eigenvalue weighted by Gasteiger charge is -2.28. The van der Waals surface area contributed by atoms with E-state index in [1.165, 1.54) is 6.07 Å². The molecule has 0 unspecified atom stereocenters. The van der Waals surface area contributed by atoms with E-state index in [4.69, 9.17) is 5.73 Å². The molecule has 3 nitrogen and oxygen atoms in total. The topological polar surface area (TPSA) is 55.1 Å². The minimum Gasteiger partial charge on any atom is -0.349 e. The summed E-state index contributed by atoms with van der Waals surface area (Å²) in [4.78, 5) is 12.4. The van der Waals surface area contributed by atoms with Crippen LogP contribution in [-0.2, 0) is 4.79 Å². The number of hydrogen-bond donors (Lipinski definition) is 2. The third kappa shape index (κ3) is 2.78. The van der Waals surface area contributed by atoms with Crippen molar-refractivity contribution in [1.29, 1.82) is 0 Å². The highest BCUT2D eigenvalue weighted by Gasteiger charge is 2.40. The maximum Gasteiger partial charge on any atom is 0.227 e. The molecule has 1 saturated carbocycles. The van der Waals surface area contributed by atoms with Crippen molar-refractivity contribution in [3.05, 3.63) is 35.6 Å². The van der Waals surface area contributed by atoms with E-state index >= 15 is 0 Å². The van der Waals surface area contributed by atoms with Crippen LogP contribution in [0.1, 0.15) is 44.2 Å². The van der Waals surface area contributed by atoms with Gasteiger partial charge in [-0.3, -0.25) is 4.79 Å². The van der Waals surface area contributed by atoms with E-state index < -0.39 is 5.41 Å². The molecule has 104 valence electrons. The molecular weight excluding hydrogens is 243 g/mol. The summed E-state index contributed by atoms with van der Waals surface area (Å²) in [6.45, 7) is 2.16. The molecule has 1 atom stereocenters. The van der Waals surface area contributed by atoms with E-state index in [0.717, 1.165) is 25.7 Å². The van der Waals surface area contributed by atoms with Gasteiger partial charge in [-0.1, -0.05) is 31.0 Å². The van der Waals surface area contributed by atoms with Gasteiger partial charge < -0.3 is 11.1 Å². The fourth-order valence-corrected chi connectivity index (χ4v) is 2.83. The molecule has 1 aliphatic rings. The zero-order chi connectivity index (χ0) is 13.9. The molecular formula is C15H21FN2O. The smallest absolute Gasteiger partial charge is 0.227 e. The molecule has 0 heterocycles. The molecule has 1 aromatic rings. The normalized spacial score (nSPS) is 19.1. The Morgan fingerprint density at radius 2 is 2.05 bits per heavy atom. The first-order chi connectivity index (χ1) is 9.09. The summed E-state index contributed by atoms with van der Waals surface area (Å²) >= 11 is 0. The summed E-state index contributed by atoms with van der Waals surface area (Å²) in [5.41, 5.74) is 5.85. The Morgan fingerprint density at radius 1 is 1.42 bits per heavy atom. The highest BCUT2D eigenvalue weighted by molar-refractivity contribution is 5.83. The molecule has 4 heteroatoms. The van der Waals surface area contributed by atoms with Gasteiger partial charge in [-0.05, 0) is 25.8 Å². The van der Waals surface area contributed by atoms with Crippen molar-refractivity contribution in [1.82, 2.24) is 5.32 Å². The highest BCUT2D eigenvalue weighted by Crippen LogP contribution is 2.37.